The number of anilines is 3. The second-order valence-electron chi connectivity index (χ2n) is 8.01. The number of ether oxygens (including phenoxy) is 1. The lowest BCUT2D eigenvalue weighted by molar-refractivity contribution is 0.0696. The predicted octanol–water partition coefficient (Wildman–Crippen LogP) is 2.76. The number of thiophene rings is 1. The second-order valence-corrected chi connectivity index (χ2v) is 9.15. The van der Waals surface area contributed by atoms with E-state index >= 15 is 0 Å². The molecule has 1 saturated heterocycles. The van der Waals surface area contributed by atoms with Crippen molar-refractivity contribution in [3.63, 3.8) is 0 Å². The molecule has 5 rings (SSSR count). The van der Waals surface area contributed by atoms with Gasteiger partial charge in [0.15, 0.2) is 11.6 Å². The number of aromatic nitrogens is 5. The minimum absolute atomic E-state index is 0.0548. The summed E-state index contributed by atoms with van der Waals surface area (Å²) in [5.74, 6) is 1.70. The molecule has 1 aliphatic rings. The molecule has 35 heavy (non-hydrogen) atoms. The summed E-state index contributed by atoms with van der Waals surface area (Å²) in [6.45, 7) is 3.39. The van der Waals surface area contributed by atoms with Crippen LogP contribution in [0.3, 0.4) is 0 Å². The molecule has 12 heteroatoms. The number of carboxylic acids is 1. The van der Waals surface area contributed by atoms with Crippen LogP contribution in [-0.2, 0) is 11.3 Å². The SMILES string of the molecule is CNc1ccc(-c2nc(N3CCOCC3)c3sc(CN(C)c4ncc(C(=O)O)cn4)cc3n2)cn1. The first-order chi connectivity index (χ1) is 17.0. The molecule has 4 aromatic rings. The first-order valence-corrected chi connectivity index (χ1v) is 11.9. The van der Waals surface area contributed by atoms with Crippen LogP contribution in [0.25, 0.3) is 21.6 Å². The molecule has 1 fully saturated rings. The zero-order valence-electron chi connectivity index (χ0n) is 19.3. The van der Waals surface area contributed by atoms with Gasteiger partial charge in [0.25, 0.3) is 0 Å². The quantitative estimate of drug-likeness (QED) is 0.395. The summed E-state index contributed by atoms with van der Waals surface area (Å²) < 4.78 is 6.56. The van der Waals surface area contributed by atoms with Crippen molar-refractivity contribution < 1.29 is 14.6 Å². The number of hydrogen-bond acceptors (Lipinski definition) is 11. The van der Waals surface area contributed by atoms with Crippen molar-refractivity contribution in [2.24, 2.45) is 0 Å². The van der Waals surface area contributed by atoms with E-state index in [0.717, 1.165) is 45.4 Å². The molecule has 11 nitrogen and oxygen atoms in total. The molecule has 180 valence electrons. The molecule has 0 unspecified atom stereocenters. The molecule has 2 N–H and O–H groups in total. The van der Waals surface area contributed by atoms with Crippen LogP contribution in [0.4, 0.5) is 17.6 Å². The zero-order chi connectivity index (χ0) is 24.4. The van der Waals surface area contributed by atoms with Gasteiger partial charge in [-0.1, -0.05) is 0 Å². The van der Waals surface area contributed by atoms with Crippen LogP contribution in [-0.4, -0.2) is 76.4 Å². The smallest absolute Gasteiger partial charge is 0.338 e. The van der Waals surface area contributed by atoms with E-state index in [2.05, 4.69) is 31.2 Å². The van der Waals surface area contributed by atoms with E-state index in [4.69, 9.17) is 19.8 Å². The molecule has 0 aromatic carbocycles. The van der Waals surface area contributed by atoms with Crippen molar-refractivity contribution >= 4 is 45.1 Å². The molecule has 0 spiro atoms. The molecule has 0 bridgehead atoms. The van der Waals surface area contributed by atoms with Gasteiger partial charge in [-0.05, 0) is 18.2 Å². The maximum Gasteiger partial charge on any atom is 0.338 e. The first-order valence-electron chi connectivity index (χ1n) is 11.1. The average Bonchev–Trinajstić information content (AvgIpc) is 3.31. The summed E-state index contributed by atoms with van der Waals surface area (Å²) in [6, 6.07) is 5.93. The molecule has 1 aliphatic heterocycles. The lowest BCUT2D eigenvalue weighted by atomic mass is 10.2. The first kappa shape index (κ1) is 22.9. The van der Waals surface area contributed by atoms with Crippen molar-refractivity contribution in [3.05, 3.63) is 47.2 Å². The van der Waals surface area contributed by atoms with E-state index in [0.29, 0.717) is 31.5 Å². The van der Waals surface area contributed by atoms with Gasteiger partial charge in [0.05, 0.1) is 35.5 Å². The highest BCUT2D eigenvalue weighted by atomic mass is 32.1. The molecular weight excluding hydrogens is 468 g/mol. The Hall–Kier alpha value is -3.90. The second kappa shape index (κ2) is 9.76. The Kier molecular flexibility index (Phi) is 6.38. The lowest BCUT2D eigenvalue weighted by Crippen LogP contribution is -2.36. The number of carbonyl (C=O) groups is 1. The number of aromatic carboxylic acids is 1. The molecular formula is C23H24N8O3S. The number of carboxylic acid groups (broad SMARTS) is 1. The number of pyridine rings is 1. The summed E-state index contributed by atoms with van der Waals surface area (Å²) in [5, 5.41) is 12.1. The van der Waals surface area contributed by atoms with E-state index in [9.17, 15) is 4.79 Å². The topological polar surface area (TPSA) is 129 Å². The fourth-order valence-corrected chi connectivity index (χ4v) is 4.93. The van der Waals surface area contributed by atoms with E-state index in [1.165, 1.54) is 12.4 Å². The minimum Gasteiger partial charge on any atom is -0.478 e. The number of fused-ring (bicyclic) bond motifs is 1. The third-order valence-electron chi connectivity index (χ3n) is 5.61. The molecule has 0 aliphatic carbocycles. The van der Waals surface area contributed by atoms with Crippen LogP contribution in [0, 0.1) is 0 Å². The van der Waals surface area contributed by atoms with Crippen molar-refractivity contribution in [3.8, 4) is 11.4 Å². The van der Waals surface area contributed by atoms with Gasteiger partial charge in [-0.15, -0.1) is 11.3 Å². The van der Waals surface area contributed by atoms with Crippen molar-refractivity contribution in [1.29, 1.82) is 0 Å². The van der Waals surface area contributed by atoms with Gasteiger partial charge >= 0.3 is 5.97 Å². The van der Waals surface area contributed by atoms with E-state index < -0.39 is 5.97 Å². The van der Waals surface area contributed by atoms with Gasteiger partial charge in [-0.3, -0.25) is 0 Å². The van der Waals surface area contributed by atoms with E-state index in [1.807, 2.05) is 31.1 Å². The Bertz CT molecular complexity index is 1340. The highest BCUT2D eigenvalue weighted by Crippen LogP contribution is 2.35. The maximum atomic E-state index is 11.1. The van der Waals surface area contributed by atoms with Gasteiger partial charge in [0.1, 0.15) is 5.82 Å². The molecule has 0 saturated carbocycles. The summed E-state index contributed by atoms with van der Waals surface area (Å²) in [4.78, 5) is 38.8. The molecule has 0 atom stereocenters. The lowest BCUT2D eigenvalue weighted by Gasteiger charge is -2.28. The molecule has 0 amide bonds. The zero-order valence-corrected chi connectivity index (χ0v) is 20.1. The summed E-state index contributed by atoms with van der Waals surface area (Å²) >= 11 is 1.63. The van der Waals surface area contributed by atoms with Crippen LogP contribution in [0.1, 0.15) is 15.2 Å². The number of rotatable bonds is 7. The Balaban J connectivity index is 1.49. The van der Waals surface area contributed by atoms with Gasteiger partial charge in [0, 0.05) is 56.2 Å². The Morgan fingerprint density at radius 3 is 2.60 bits per heavy atom. The van der Waals surface area contributed by atoms with Crippen molar-refractivity contribution in [2.75, 3.05) is 55.5 Å². The van der Waals surface area contributed by atoms with Crippen LogP contribution >= 0.6 is 11.3 Å². The molecule has 5 heterocycles. The number of nitrogens with one attached hydrogen (secondary N) is 1. The fraction of sp³-hybridized carbons (Fsp3) is 0.304. The van der Waals surface area contributed by atoms with E-state index in [-0.39, 0.29) is 5.56 Å². The summed E-state index contributed by atoms with van der Waals surface area (Å²) in [5.41, 5.74) is 1.76. The van der Waals surface area contributed by atoms with E-state index in [1.54, 1.807) is 17.5 Å². The summed E-state index contributed by atoms with van der Waals surface area (Å²) in [6.07, 6.45) is 4.40. The van der Waals surface area contributed by atoms with Gasteiger partial charge < -0.3 is 25.0 Å². The number of hydrogen-bond donors (Lipinski definition) is 2. The third-order valence-corrected chi connectivity index (χ3v) is 6.72. The predicted molar refractivity (Wildman–Crippen MR) is 134 cm³/mol. The molecule has 4 aromatic heterocycles. The third kappa shape index (κ3) is 4.84. The largest absolute Gasteiger partial charge is 0.478 e. The van der Waals surface area contributed by atoms with Crippen LogP contribution in [0.15, 0.2) is 36.8 Å². The summed E-state index contributed by atoms with van der Waals surface area (Å²) in [7, 11) is 3.70. The van der Waals surface area contributed by atoms with Crippen LogP contribution in [0.5, 0.6) is 0 Å². The Morgan fingerprint density at radius 2 is 1.94 bits per heavy atom. The standard InChI is InChI=1S/C23H24N8O3S/c1-24-18-4-3-14(10-25-18)20-28-17-9-16(13-30(2)23-26-11-15(12-27-23)22(32)33)35-19(17)21(29-20)31-5-7-34-8-6-31/h3-4,9-12H,5-8,13H2,1-2H3,(H,24,25)(H,32,33). The average molecular weight is 493 g/mol. The fourth-order valence-electron chi connectivity index (χ4n) is 3.77. The van der Waals surface area contributed by atoms with Crippen molar-refractivity contribution in [2.45, 2.75) is 6.54 Å². The van der Waals surface area contributed by atoms with Gasteiger partial charge in [0.2, 0.25) is 5.95 Å². The highest BCUT2D eigenvalue weighted by Gasteiger charge is 2.21. The Morgan fingerprint density at radius 1 is 1.17 bits per heavy atom. The highest BCUT2D eigenvalue weighted by molar-refractivity contribution is 7.19. The van der Waals surface area contributed by atoms with Gasteiger partial charge in [-0.25, -0.2) is 29.7 Å². The van der Waals surface area contributed by atoms with Crippen LogP contribution in [0.2, 0.25) is 0 Å². The van der Waals surface area contributed by atoms with Crippen molar-refractivity contribution in [1.82, 2.24) is 24.9 Å². The normalized spacial score (nSPS) is 13.7. The number of nitrogens with zero attached hydrogens (tertiary/aromatic N) is 7. The van der Waals surface area contributed by atoms with Crippen LogP contribution < -0.4 is 15.1 Å². The maximum absolute atomic E-state index is 11.1. The molecule has 0 radical (unpaired) electrons. The Labute approximate surface area is 205 Å². The monoisotopic (exact) mass is 492 g/mol. The van der Waals surface area contributed by atoms with Gasteiger partial charge in [-0.2, -0.15) is 0 Å². The minimum atomic E-state index is -1.05. The number of morpholine rings is 1.